The van der Waals surface area contributed by atoms with Crippen LogP contribution in [0.5, 0.6) is 0 Å². The van der Waals surface area contributed by atoms with Crippen molar-refractivity contribution in [3.63, 3.8) is 0 Å². The Bertz CT molecular complexity index is 160. The second-order valence-electron chi connectivity index (χ2n) is 1.24. The molecule has 1 rings (SSSR count). The molecule has 2 nitrogen and oxygen atoms in total. The molecular weight excluding hydrogens is 86.9 g/mol. The number of hydrogen-bond donors (Lipinski definition) is 0. The van der Waals surface area contributed by atoms with Crippen LogP contribution in [0.3, 0.4) is 0 Å². The van der Waals surface area contributed by atoms with E-state index in [2.05, 4.69) is 4.79 Å². The van der Waals surface area contributed by atoms with Gasteiger partial charge >= 0.3 is 41.0 Å². The maximum atomic E-state index is 8.05. The Morgan fingerprint density at radius 3 is 2.86 bits per heavy atom. The van der Waals surface area contributed by atoms with Crippen molar-refractivity contribution in [2.24, 2.45) is 0 Å². The molecule has 3 heteroatoms. The van der Waals surface area contributed by atoms with Crippen LogP contribution in [0.4, 0.5) is 0 Å². The molecule has 0 fully saturated rings. The second-order valence-corrected chi connectivity index (χ2v) is 1.24. The molecule has 7 heavy (non-hydrogen) atoms. The van der Waals surface area contributed by atoms with Gasteiger partial charge in [0.1, 0.15) is 0 Å². The summed E-state index contributed by atoms with van der Waals surface area (Å²) >= 11 is 0. The predicted octanol–water partition coefficient (Wildman–Crippen LogP) is -0.309. The van der Waals surface area contributed by atoms with E-state index in [0.717, 1.165) is 0 Å². The monoisotopic (exact) mass is 90.0 g/mol. The molecule has 0 aromatic rings. The molecule has 0 saturated carbocycles. The van der Waals surface area contributed by atoms with Crippen LogP contribution in [-0.2, 0) is 0 Å². The zero-order chi connectivity index (χ0) is 5.11. The van der Waals surface area contributed by atoms with Gasteiger partial charge in [-0.3, -0.25) is 0 Å². The van der Waals surface area contributed by atoms with Crippen molar-refractivity contribution in [1.29, 1.82) is 0 Å². The van der Waals surface area contributed by atoms with Crippen LogP contribution in [0.2, 0.25) is 0 Å². The first-order chi connectivity index (χ1) is 3.43. The fourth-order valence-electron chi connectivity index (χ4n) is 0.431. The summed E-state index contributed by atoms with van der Waals surface area (Å²) in [6, 6.07) is 0. The number of hydrogen-bond acceptors (Lipinski definition) is 0. The van der Waals surface area contributed by atoms with Crippen molar-refractivity contribution >= 4 is 18.5 Å². The van der Waals surface area contributed by atoms with Crippen LogP contribution in [-0.4, -0.2) is 23.3 Å². The Hall–Kier alpha value is -0.945. The summed E-state index contributed by atoms with van der Waals surface area (Å²) in [5.74, 6) is 1.81. The van der Waals surface area contributed by atoms with Crippen molar-refractivity contribution in [3.05, 3.63) is 17.7 Å². The Morgan fingerprint density at radius 1 is 1.71 bits per heavy atom. The standard InChI is InChI=1S/C4H3BN2/c6-7-4-2-1-3-5-4/h1-3H. The molecule has 0 unspecified atom stereocenters. The van der Waals surface area contributed by atoms with E-state index in [0.29, 0.717) is 5.61 Å². The summed E-state index contributed by atoms with van der Waals surface area (Å²) in [6.45, 7) is 1.72. The molecule has 0 radical (unpaired) electrons. The molecule has 0 atom stereocenters. The third-order valence-corrected chi connectivity index (χ3v) is 0.761. The molecule has 0 N–H and O–H groups in total. The van der Waals surface area contributed by atoms with Gasteiger partial charge in [-0.2, -0.15) is 0 Å². The molecule has 32 valence electrons. The molecule has 0 aromatic carbocycles. The Morgan fingerprint density at radius 2 is 2.57 bits per heavy atom. The number of nitrogens with zero attached hydrogens (tertiary/aromatic N) is 2. The molecule has 0 spiro atoms. The minimum atomic E-state index is 0.611. The summed E-state index contributed by atoms with van der Waals surface area (Å²) in [5.41, 5.74) is 8.66. The van der Waals surface area contributed by atoms with Crippen molar-refractivity contribution in [2.45, 2.75) is 0 Å². The van der Waals surface area contributed by atoms with Crippen LogP contribution >= 0.6 is 0 Å². The van der Waals surface area contributed by atoms with E-state index >= 15 is 0 Å². The molecule has 1 aliphatic heterocycles. The van der Waals surface area contributed by atoms with Gasteiger partial charge in [-0.15, -0.1) is 0 Å². The van der Waals surface area contributed by atoms with Gasteiger partial charge in [0.15, 0.2) is 0 Å². The first-order valence-corrected chi connectivity index (χ1v) is 2.00. The van der Waals surface area contributed by atoms with Gasteiger partial charge in [0.05, 0.1) is 0 Å². The molecule has 0 bridgehead atoms. The molecule has 0 saturated heterocycles. The van der Waals surface area contributed by atoms with E-state index in [1.54, 1.807) is 13.0 Å². The van der Waals surface area contributed by atoms with Crippen molar-refractivity contribution < 1.29 is 4.79 Å². The normalized spacial score (nSPS) is 14.0. The predicted molar refractivity (Wildman–Crippen MR) is 29.6 cm³/mol. The van der Waals surface area contributed by atoms with Crippen LogP contribution in [0, 0.1) is 0 Å². The van der Waals surface area contributed by atoms with E-state index in [9.17, 15) is 0 Å². The van der Waals surface area contributed by atoms with Gasteiger partial charge in [0, 0.05) is 0 Å². The molecule has 0 aliphatic carbocycles. The van der Waals surface area contributed by atoms with Crippen molar-refractivity contribution in [2.75, 3.05) is 0 Å². The summed E-state index contributed by atoms with van der Waals surface area (Å²) in [5, 5.41) is 0. The first kappa shape index (κ1) is 4.22. The molecular formula is C4H3BN2. The van der Waals surface area contributed by atoms with Gasteiger partial charge in [-0.1, -0.05) is 0 Å². The average Bonchev–Trinajstić information content (AvgIpc) is 2.14. The fraction of sp³-hybridized carbons (Fsp3) is 0. The Balaban J connectivity index is 3.00. The minimum absolute atomic E-state index is 0.611. The zero-order valence-electron chi connectivity index (χ0n) is 3.70. The van der Waals surface area contributed by atoms with E-state index in [4.69, 9.17) is 5.53 Å². The summed E-state index contributed by atoms with van der Waals surface area (Å²) < 4.78 is 0. The third-order valence-electron chi connectivity index (χ3n) is 0.761. The Labute approximate surface area is 42.0 Å². The molecule has 0 amide bonds. The van der Waals surface area contributed by atoms with Crippen LogP contribution in [0.15, 0.2) is 12.2 Å². The van der Waals surface area contributed by atoms with Gasteiger partial charge in [-0.05, 0) is 0 Å². The number of rotatable bonds is 0. The second kappa shape index (κ2) is 1.67. The van der Waals surface area contributed by atoms with Gasteiger partial charge in [0.25, 0.3) is 0 Å². The van der Waals surface area contributed by atoms with Crippen LogP contribution < -0.4 is 0 Å². The van der Waals surface area contributed by atoms with E-state index in [-0.39, 0.29) is 0 Å². The fourth-order valence-corrected chi connectivity index (χ4v) is 0.431. The van der Waals surface area contributed by atoms with E-state index < -0.39 is 0 Å². The maximum absolute atomic E-state index is 8.05. The topological polar surface area (TPSA) is 36.4 Å². The van der Waals surface area contributed by atoms with Gasteiger partial charge < -0.3 is 0 Å². The van der Waals surface area contributed by atoms with Crippen LogP contribution in [0.25, 0.3) is 5.53 Å². The quantitative estimate of drug-likeness (QED) is 0.222. The molecule has 1 aliphatic rings. The van der Waals surface area contributed by atoms with Gasteiger partial charge in [0.2, 0.25) is 0 Å². The summed E-state index contributed by atoms with van der Waals surface area (Å²) in [6.07, 6.45) is 3.54. The molecule has 1 heterocycles. The molecule has 0 aromatic heterocycles. The average molecular weight is 89.9 g/mol. The first-order valence-electron chi connectivity index (χ1n) is 2.00. The van der Waals surface area contributed by atoms with Gasteiger partial charge in [-0.25, -0.2) is 0 Å². The van der Waals surface area contributed by atoms with Crippen LogP contribution in [0.1, 0.15) is 0 Å². The van der Waals surface area contributed by atoms with E-state index in [1.807, 2.05) is 12.0 Å². The SMILES string of the molecule is [N-]=[N+]=C1B=CC=C1. The summed E-state index contributed by atoms with van der Waals surface area (Å²) in [4.78, 5) is 2.93. The third kappa shape index (κ3) is 0.727. The Kier molecular flexibility index (Phi) is 1.01. The number of allylic oxidation sites excluding steroid dienone is 2. The van der Waals surface area contributed by atoms with E-state index in [1.165, 1.54) is 0 Å². The summed E-state index contributed by atoms with van der Waals surface area (Å²) in [7, 11) is 0. The zero-order valence-corrected chi connectivity index (χ0v) is 3.70. The van der Waals surface area contributed by atoms with Crippen molar-refractivity contribution in [1.82, 2.24) is 0 Å². The van der Waals surface area contributed by atoms with Crippen molar-refractivity contribution in [3.8, 4) is 0 Å².